The first kappa shape index (κ1) is 9.83. The minimum absolute atomic E-state index is 0.409. The largest absolute Gasteiger partial charge is 0.275 e. The molecule has 72 valence electrons. The highest BCUT2D eigenvalue weighted by molar-refractivity contribution is 7.19. The highest BCUT2D eigenvalue weighted by atomic mass is 35.5. The maximum absolute atomic E-state index is 10.9. The summed E-state index contributed by atoms with van der Waals surface area (Å²) in [7, 11) is 0. The van der Waals surface area contributed by atoms with Crippen molar-refractivity contribution < 1.29 is 4.79 Å². The van der Waals surface area contributed by atoms with E-state index in [0.717, 1.165) is 15.6 Å². The Morgan fingerprint density at radius 3 is 2.79 bits per heavy atom. The molecule has 2 aromatic heterocycles. The summed E-state index contributed by atoms with van der Waals surface area (Å²) in [5, 5.41) is 2.59. The molecular weight excluding hydrogens is 238 g/mol. The molecule has 0 unspecified atom stereocenters. The molecule has 0 aliphatic carbocycles. The van der Waals surface area contributed by atoms with E-state index >= 15 is 0 Å². The Labute approximate surface area is 94.2 Å². The van der Waals surface area contributed by atoms with Crippen molar-refractivity contribution in [3.63, 3.8) is 0 Å². The van der Waals surface area contributed by atoms with E-state index in [1.807, 2.05) is 18.4 Å². The molecule has 0 fully saturated rings. The third kappa shape index (κ3) is 1.87. The van der Waals surface area contributed by atoms with Gasteiger partial charge in [0.05, 0.1) is 20.5 Å². The van der Waals surface area contributed by atoms with Gasteiger partial charge in [0.25, 0.3) is 5.24 Å². The smallest absolute Gasteiger partial charge is 0.262 e. The number of hydrogen-bond donors (Lipinski definition) is 0. The summed E-state index contributed by atoms with van der Waals surface area (Å²) in [6.07, 6.45) is 0. The van der Waals surface area contributed by atoms with Crippen LogP contribution in [0, 0.1) is 6.92 Å². The summed E-state index contributed by atoms with van der Waals surface area (Å²) >= 11 is 8.33. The number of carbonyl (C=O) groups excluding carboxylic acids is 1. The molecule has 2 rings (SSSR count). The summed E-state index contributed by atoms with van der Waals surface area (Å²) in [5.41, 5.74) is 0.918. The molecule has 0 radical (unpaired) electrons. The van der Waals surface area contributed by atoms with E-state index in [9.17, 15) is 4.79 Å². The Morgan fingerprint density at radius 2 is 2.29 bits per heavy atom. The van der Waals surface area contributed by atoms with E-state index in [-0.39, 0.29) is 0 Å². The van der Waals surface area contributed by atoms with Gasteiger partial charge in [0.1, 0.15) is 0 Å². The van der Waals surface area contributed by atoms with Crippen LogP contribution in [0.25, 0.3) is 10.6 Å². The third-order valence-electron chi connectivity index (χ3n) is 1.67. The van der Waals surface area contributed by atoms with Gasteiger partial charge in [-0.05, 0) is 30.7 Å². The van der Waals surface area contributed by atoms with Crippen molar-refractivity contribution in [2.24, 2.45) is 0 Å². The third-order valence-corrected chi connectivity index (χ3v) is 3.87. The average molecular weight is 244 g/mol. The molecule has 0 spiro atoms. The number of nitrogens with zero attached hydrogens (tertiary/aromatic N) is 1. The Bertz CT molecular complexity index is 475. The van der Waals surface area contributed by atoms with Gasteiger partial charge in [-0.25, -0.2) is 4.98 Å². The zero-order valence-electron chi connectivity index (χ0n) is 7.28. The van der Waals surface area contributed by atoms with E-state index in [1.165, 1.54) is 11.3 Å². The van der Waals surface area contributed by atoms with Gasteiger partial charge in [0.2, 0.25) is 0 Å². The molecule has 0 aliphatic heterocycles. The van der Waals surface area contributed by atoms with Gasteiger partial charge in [-0.15, -0.1) is 22.7 Å². The minimum Gasteiger partial charge on any atom is -0.275 e. The topological polar surface area (TPSA) is 30.0 Å². The number of thiazole rings is 1. The van der Waals surface area contributed by atoms with Crippen molar-refractivity contribution >= 4 is 39.5 Å². The van der Waals surface area contributed by atoms with Crippen LogP contribution in [0.15, 0.2) is 17.5 Å². The first-order valence-electron chi connectivity index (χ1n) is 3.89. The van der Waals surface area contributed by atoms with Crippen LogP contribution in [0.4, 0.5) is 0 Å². The van der Waals surface area contributed by atoms with Gasteiger partial charge in [0.15, 0.2) is 0 Å². The number of halogens is 1. The number of thiophene rings is 1. The standard InChI is InChI=1S/C9H6ClNOS2/c1-5-11-6(4-13-5)7-2-3-8(14-7)9(10)12/h2-4H,1H3. The molecular formula is C9H6ClNOS2. The normalized spacial score (nSPS) is 10.4. The molecule has 14 heavy (non-hydrogen) atoms. The monoisotopic (exact) mass is 243 g/mol. The number of aryl methyl sites for hydroxylation is 1. The van der Waals surface area contributed by atoms with Gasteiger partial charge < -0.3 is 0 Å². The van der Waals surface area contributed by atoms with E-state index in [1.54, 1.807) is 17.4 Å². The van der Waals surface area contributed by atoms with Crippen molar-refractivity contribution in [2.45, 2.75) is 6.92 Å². The fraction of sp³-hybridized carbons (Fsp3) is 0.111. The van der Waals surface area contributed by atoms with Crippen molar-refractivity contribution in [3.05, 3.63) is 27.4 Å². The predicted molar refractivity (Wildman–Crippen MR) is 60.3 cm³/mol. The van der Waals surface area contributed by atoms with Gasteiger partial charge in [-0.2, -0.15) is 0 Å². The summed E-state index contributed by atoms with van der Waals surface area (Å²) in [4.78, 5) is 16.7. The molecule has 2 heterocycles. The number of hydrogen-bond acceptors (Lipinski definition) is 4. The van der Waals surface area contributed by atoms with Gasteiger partial charge >= 0.3 is 0 Å². The Morgan fingerprint density at radius 1 is 1.50 bits per heavy atom. The van der Waals surface area contributed by atoms with Gasteiger partial charge in [-0.1, -0.05) is 0 Å². The fourth-order valence-corrected chi connectivity index (χ4v) is 2.72. The van der Waals surface area contributed by atoms with Crippen LogP contribution >= 0.6 is 34.3 Å². The van der Waals surface area contributed by atoms with Crippen LogP contribution < -0.4 is 0 Å². The van der Waals surface area contributed by atoms with Crippen molar-refractivity contribution in [3.8, 4) is 10.6 Å². The number of rotatable bonds is 2. The average Bonchev–Trinajstić information content (AvgIpc) is 2.70. The van der Waals surface area contributed by atoms with Crippen molar-refractivity contribution in [1.82, 2.24) is 4.98 Å². The molecule has 5 heteroatoms. The maximum atomic E-state index is 10.9. The SMILES string of the molecule is Cc1nc(-c2ccc(C(=O)Cl)s2)cs1. The first-order valence-corrected chi connectivity index (χ1v) is 5.96. The van der Waals surface area contributed by atoms with Gasteiger partial charge in [0, 0.05) is 5.38 Å². The first-order chi connectivity index (χ1) is 6.66. The summed E-state index contributed by atoms with van der Waals surface area (Å²) in [6, 6.07) is 3.60. The Hall–Kier alpha value is -0.710. The molecule has 0 atom stereocenters. The lowest BCUT2D eigenvalue weighted by atomic mass is 10.4. The molecule has 0 bridgehead atoms. The zero-order valence-corrected chi connectivity index (χ0v) is 9.67. The van der Waals surface area contributed by atoms with Gasteiger partial charge in [-0.3, -0.25) is 4.79 Å². The van der Waals surface area contributed by atoms with Crippen LogP contribution in [-0.2, 0) is 0 Å². The number of aromatic nitrogens is 1. The van der Waals surface area contributed by atoms with Crippen molar-refractivity contribution in [1.29, 1.82) is 0 Å². The zero-order chi connectivity index (χ0) is 10.1. The maximum Gasteiger partial charge on any atom is 0.262 e. The minimum atomic E-state index is -0.409. The molecule has 0 aliphatic rings. The van der Waals surface area contributed by atoms with Crippen LogP contribution in [0.2, 0.25) is 0 Å². The molecule has 2 aromatic rings. The Kier molecular flexibility index (Phi) is 2.67. The second-order valence-electron chi connectivity index (χ2n) is 2.69. The molecule has 0 saturated carbocycles. The van der Waals surface area contributed by atoms with E-state index < -0.39 is 5.24 Å². The quantitative estimate of drug-likeness (QED) is 0.755. The number of carbonyl (C=O) groups is 1. The highest BCUT2D eigenvalue weighted by Crippen LogP contribution is 2.29. The molecule has 0 N–H and O–H groups in total. The predicted octanol–water partition coefficient (Wildman–Crippen LogP) is 3.56. The van der Waals surface area contributed by atoms with Crippen molar-refractivity contribution in [2.75, 3.05) is 0 Å². The summed E-state index contributed by atoms with van der Waals surface area (Å²) < 4.78 is 0. The Balaban J connectivity index is 2.38. The van der Waals surface area contributed by atoms with E-state index in [4.69, 9.17) is 11.6 Å². The molecule has 0 aromatic carbocycles. The molecule has 0 amide bonds. The summed E-state index contributed by atoms with van der Waals surface area (Å²) in [5.74, 6) is 0. The lowest BCUT2D eigenvalue weighted by Crippen LogP contribution is -1.78. The van der Waals surface area contributed by atoms with Crippen LogP contribution in [0.5, 0.6) is 0 Å². The molecule has 2 nitrogen and oxygen atoms in total. The lowest BCUT2D eigenvalue weighted by Gasteiger charge is -1.86. The fourth-order valence-electron chi connectivity index (χ4n) is 1.06. The second kappa shape index (κ2) is 3.81. The van der Waals surface area contributed by atoms with E-state index in [0.29, 0.717) is 4.88 Å². The second-order valence-corrected chi connectivity index (χ2v) is 5.18. The lowest BCUT2D eigenvalue weighted by molar-refractivity contribution is 0.108. The molecule has 0 saturated heterocycles. The van der Waals surface area contributed by atoms with E-state index in [2.05, 4.69) is 4.98 Å². The van der Waals surface area contributed by atoms with Crippen LogP contribution in [0.3, 0.4) is 0 Å². The van der Waals surface area contributed by atoms with Crippen LogP contribution in [-0.4, -0.2) is 10.2 Å². The summed E-state index contributed by atoms with van der Waals surface area (Å²) in [6.45, 7) is 1.95. The van der Waals surface area contributed by atoms with Crippen LogP contribution in [0.1, 0.15) is 14.7 Å². The highest BCUT2D eigenvalue weighted by Gasteiger charge is 2.09.